The van der Waals surface area contributed by atoms with Crippen LogP contribution in [0.5, 0.6) is 0 Å². The first-order valence-corrected chi connectivity index (χ1v) is 8.21. The van der Waals surface area contributed by atoms with Crippen molar-refractivity contribution in [3.63, 3.8) is 0 Å². The number of aromatic nitrogens is 1. The van der Waals surface area contributed by atoms with Crippen molar-refractivity contribution in [3.8, 4) is 0 Å². The van der Waals surface area contributed by atoms with Crippen LogP contribution in [0.2, 0.25) is 5.02 Å². The smallest absolute Gasteiger partial charge is 0.352 e. The van der Waals surface area contributed by atoms with E-state index in [1.165, 1.54) is 31.3 Å². The Bertz CT molecular complexity index is 830. The van der Waals surface area contributed by atoms with E-state index in [-0.39, 0.29) is 17.8 Å². The van der Waals surface area contributed by atoms with E-state index in [1.54, 1.807) is 6.07 Å². The summed E-state index contributed by atoms with van der Waals surface area (Å²) >= 11 is 9.09. The predicted molar refractivity (Wildman–Crippen MR) is 89.1 cm³/mol. The van der Waals surface area contributed by atoms with Crippen molar-refractivity contribution >= 4 is 39.1 Å². The standard InChI is InChI=1S/C16H12BrClF2N2O2/c1-8(23)10-3-2-4-13-14(10)16(19,20)15(24)22(13)7-12-11(17)5-9(18)6-21-12/h2-6,8,23H,7H2,1H3/t8-/m0/s1. The number of hydrogen-bond acceptors (Lipinski definition) is 3. The fourth-order valence-corrected chi connectivity index (χ4v) is 3.49. The van der Waals surface area contributed by atoms with Gasteiger partial charge in [0.1, 0.15) is 0 Å². The molecule has 0 unspecified atom stereocenters. The molecule has 3 rings (SSSR count). The van der Waals surface area contributed by atoms with E-state index in [0.717, 1.165) is 4.90 Å². The van der Waals surface area contributed by atoms with E-state index < -0.39 is 23.5 Å². The molecule has 4 nitrogen and oxygen atoms in total. The Morgan fingerprint density at radius 2 is 2.17 bits per heavy atom. The van der Waals surface area contributed by atoms with Crippen LogP contribution >= 0.6 is 27.5 Å². The zero-order valence-corrected chi connectivity index (χ0v) is 14.8. The van der Waals surface area contributed by atoms with Gasteiger partial charge in [-0.15, -0.1) is 0 Å². The van der Waals surface area contributed by atoms with Crippen LogP contribution in [0.4, 0.5) is 14.5 Å². The van der Waals surface area contributed by atoms with E-state index in [2.05, 4.69) is 20.9 Å². The first-order chi connectivity index (χ1) is 11.2. The average Bonchev–Trinajstić information content (AvgIpc) is 2.70. The second-order valence-corrected chi connectivity index (χ2v) is 6.76. The van der Waals surface area contributed by atoms with Crippen LogP contribution < -0.4 is 4.90 Å². The second kappa shape index (κ2) is 6.06. The molecule has 1 aromatic carbocycles. The molecular weight excluding hydrogens is 406 g/mol. The summed E-state index contributed by atoms with van der Waals surface area (Å²) in [6.07, 6.45) is 0.270. The summed E-state index contributed by atoms with van der Waals surface area (Å²) in [5.74, 6) is -5.03. The molecule has 0 fully saturated rings. The highest BCUT2D eigenvalue weighted by Crippen LogP contribution is 2.48. The minimum atomic E-state index is -3.69. The van der Waals surface area contributed by atoms with Crippen LogP contribution in [0.1, 0.15) is 29.8 Å². The molecule has 8 heteroatoms. The first kappa shape index (κ1) is 17.3. The molecule has 0 saturated heterocycles. The van der Waals surface area contributed by atoms with Crippen molar-refractivity contribution in [1.82, 2.24) is 4.98 Å². The number of pyridine rings is 1. The lowest BCUT2D eigenvalue weighted by atomic mass is 9.98. The van der Waals surface area contributed by atoms with Gasteiger partial charge in [0.05, 0.1) is 34.6 Å². The SMILES string of the molecule is C[C@H](O)c1cccc2c1C(F)(F)C(=O)N2Cc1ncc(Cl)cc1Br. The van der Waals surface area contributed by atoms with E-state index >= 15 is 0 Å². The zero-order chi connectivity index (χ0) is 17.6. The predicted octanol–water partition coefficient (Wildman–Crippen LogP) is 4.19. The van der Waals surface area contributed by atoms with Gasteiger partial charge in [0.2, 0.25) is 0 Å². The number of aliphatic hydroxyl groups excluding tert-OH is 1. The molecule has 1 atom stereocenters. The van der Waals surface area contributed by atoms with Crippen molar-refractivity contribution in [2.75, 3.05) is 4.90 Å². The number of rotatable bonds is 3. The molecule has 2 aromatic rings. The fourth-order valence-electron chi connectivity index (χ4n) is 2.72. The van der Waals surface area contributed by atoms with Crippen LogP contribution in [0.15, 0.2) is 34.9 Å². The largest absolute Gasteiger partial charge is 0.389 e. The number of benzene rings is 1. The molecule has 0 spiro atoms. The van der Waals surface area contributed by atoms with Gasteiger partial charge in [-0.05, 0) is 40.5 Å². The van der Waals surface area contributed by atoms with Gasteiger partial charge >= 0.3 is 11.8 Å². The number of anilines is 1. The number of carbonyl (C=O) groups is 1. The summed E-state index contributed by atoms with van der Waals surface area (Å²) in [7, 11) is 0. The highest BCUT2D eigenvalue weighted by molar-refractivity contribution is 9.10. The third kappa shape index (κ3) is 2.70. The summed E-state index contributed by atoms with van der Waals surface area (Å²) in [5, 5.41) is 10.1. The van der Waals surface area contributed by atoms with Gasteiger partial charge in [0, 0.05) is 10.7 Å². The number of nitrogens with zero attached hydrogens (tertiary/aromatic N) is 2. The normalized spacial score (nSPS) is 17.1. The van der Waals surface area contributed by atoms with Crippen molar-refractivity contribution < 1.29 is 18.7 Å². The number of aliphatic hydroxyl groups is 1. The summed E-state index contributed by atoms with van der Waals surface area (Å²) in [6.45, 7) is 1.25. The Morgan fingerprint density at radius 3 is 2.79 bits per heavy atom. The van der Waals surface area contributed by atoms with Crippen molar-refractivity contribution in [3.05, 3.63) is 56.8 Å². The lowest BCUT2D eigenvalue weighted by molar-refractivity contribution is -0.141. The molecule has 1 aliphatic heterocycles. The maximum absolute atomic E-state index is 14.5. The van der Waals surface area contributed by atoms with Crippen molar-refractivity contribution in [2.24, 2.45) is 0 Å². The van der Waals surface area contributed by atoms with Gasteiger partial charge in [-0.1, -0.05) is 23.7 Å². The molecular formula is C16H12BrClF2N2O2. The molecule has 0 radical (unpaired) electrons. The minimum Gasteiger partial charge on any atom is -0.389 e. The number of fused-ring (bicyclic) bond motifs is 1. The molecule has 0 saturated carbocycles. The fraction of sp³-hybridized carbons (Fsp3) is 0.250. The van der Waals surface area contributed by atoms with Gasteiger partial charge in [-0.3, -0.25) is 9.78 Å². The lowest BCUT2D eigenvalue weighted by Gasteiger charge is -2.18. The van der Waals surface area contributed by atoms with E-state index in [1.807, 2.05) is 0 Å². The van der Waals surface area contributed by atoms with Crippen LogP contribution in [0, 0.1) is 0 Å². The molecule has 0 bridgehead atoms. The number of carbonyl (C=O) groups excluding carboxylic acids is 1. The van der Waals surface area contributed by atoms with Crippen LogP contribution in [0.25, 0.3) is 0 Å². The van der Waals surface area contributed by atoms with E-state index in [4.69, 9.17) is 11.6 Å². The Morgan fingerprint density at radius 1 is 1.46 bits per heavy atom. The maximum Gasteiger partial charge on any atom is 0.352 e. The van der Waals surface area contributed by atoms with E-state index in [9.17, 15) is 18.7 Å². The average molecular weight is 418 g/mol. The molecule has 2 heterocycles. The molecule has 126 valence electrons. The molecule has 1 aliphatic rings. The van der Waals surface area contributed by atoms with Gasteiger partial charge in [0.15, 0.2) is 0 Å². The van der Waals surface area contributed by atoms with Gasteiger partial charge in [-0.25, -0.2) is 0 Å². The van der Waals surface area contributed by atoms with Crippen LogP contribution in [-0.4, -0.2) is 16.0 Å². The monoisotopic (exact) mass is 416 g/mol. The number of amides is 1. The molecule has 1 aromatic heterocycles. The van der Waals surface area contributed by atoms with Gasteiger partial charge < -0.3 is 10.0 Å². The summed E-state index contributed by atoms with van der Waals surface area (Å²) in [6, 6.07) is 5.94. The Labute approximate surface area is 150 Å². The Kier molecular flexibility index (Phi) is 4.36. The topological polar surface area (TPSA) is 53.4 Å². The van der Waals surface area contributed by atoms with Crippen molar-refractivity contribution in [1.29, 1.82) is 0 Å². The summed E-state index contributed by atoms with van der Waals surface area (Å²) in [5.41, 5.74) is 0.0671. The minimum absolute atomic E-state index is 0.0384. The first-order valence-electron chi connectivity index (χ1n) is 7.04. The van der Waals surface area contributed by atoms with E-state index in [0.29, 0.717) is 15.2 Å². The number of hydrogen-bond donors (Lipinski definition) is 1. The Hall–Kier alpha value is -1.57. The third-order valence-corrected chi connectivity index (χ3v) is 4.73. The third-order valence-electron chi connectivity index (χ3n) is 3.84. The summed E-state index contributed by atoms with van der Waals surface area (Å²) < 4.78 is 29.5. The van der Waals surface area contributed by atoms with Gasteiger partial charge in [0.25, 0.3) is 0 Å². The van der Waals surface area contributed by atoms with Crippen LogP contribution in [0.3, 0.4) is 0 Å². The highest BCUT2D eigenvalue weighted by atomic mass is 79.9. The zero-order valence-electron chi connectivity index (χ0n) is 12.4. The van der Waals surface area contributed by atoms with Crippen LogP contribution in [-0.2, 0) is 17.3 Å². The Balaban J connectivity index is 2.09. The molecule has 0 aliphatic carbocycles. The van der Waals surface area contributed by atoms with Crippen molar-refractivity contribution in [2.45, 2.75) is 25.5 Å². The molecule has 1 amide bonds. The molecule has 24 heavy (non-hydrogen) atoms. The lowest BCUT2D eigenvalue weighted by Crippen LogP contribution is -2.34. The van der Waals surface area contributed by atoms with Gasteiger partial charge in [-0.2, -0.15) is 8.78 Å². The highest BCUT2D eigenvalue weighted by Gasteiger charge is 2.54. The molecule has 1 N–H and O–H groups in total. The second-order valence-electron chi connectivity index (χ2n) is 5.47. The number of halogens is 4. The summed E-state index contributed by atoms with van der Waals surface area (Å²) in [4.78, 5) is 17.3. The number of alkyl halides is 2. The quantitative estimate of drug-likeness (QED) is 0.815. The maximum atomic E-state index is 14.5.